The molecule has 0 bridgehead atoms. The molecule has 0 unspecified atom stereocenters. The van der Waals surface area contributed by atoms with Gasteiger partial charge in [-0.3, -0.25) is 4.79 Å². The van der Waals surface area contributed by atoms with Gasteiger partial charge in [0.1, 0.15) is 5.75 Å². The lowest BCUT2D eigenvalue weighted by Crippen LogP contribution is -2.41. The minimum atomic E-state index is -4.72. The summed E-state index contributed by atoms with van der Waals surface area (Å²) in [5.41, 5.74) is 3.19. The molecule has 1 atom stereocenters. The van der Waals surface area contributed by atoms with Crippen LogP contribution in [0.2, 0.25) is 0 Å². The van der Waals surface area contributed by atoms with Crippen LogP contribution in [0.3, 0.4) is 0 Å². The number of nitrogens with zero attached hydrogens (tertiary/aromatic N) is 2. The van der Waals surface area contributed by atoms with Crippen molar-refractivity contribution in [1.29, 1.82) is 0 Å². The Bertz CT molecular complexity index is 1120. The van der Waals surface area contributed by atoms with Gasteiger partial charge < -0.3 is 19.9 Å². The number of hydrogen-bond acceptors (Lipinski definition) is 4. The van der Waals surface area contributed by atoms with E-state index in [1.54, 1.807) is 11.0 Å². The Morgan fingerprint density at radius 2 is 2.06 bits per heavy atom. The van der Waals surface area contributed by atoms with Gasteiger partial charge in [0, 0.05) is 18.8 Å². The van der Waals surface area contributed by atoms with Crippen LogP contribution in [0.25, 0.3) is 11.0 Å². The molecule has 1 aliphatic carbocycles. The third-order valence-corrected chi connectivity index (χ3v) is 5.59. The van der Waals surface area contributed by atoms with Crippen LogP contribution in [0.4, 0.5) is 13.2 Å². The van der Waals surface area contributed by atoms with Crippen LogP contribution < -0.4 is 10.1 Å². The number of alkyl halides is 3. The van der Waals surface area contributed by atoms with Gasteiger partial charge in [-0.2, -0.15) is 0 Å². The fourth-order valence-corrected chi connectivity index (χ4v) is 4.08. The zero-order valence-electron chi connectivity index (χ0n) is 18.2. The largest absolute Gasteiger partial charge is 0.573 e. The number of imidazole rings is 1. The SMILES string of the molecule is CCN(C(=O)c1nc2ccccc2[nH]1)[C@@H]1C=C(NCc2cccc(OC(F)(F)F)c2)CCC1. The van der Waals surface area contributed by atoms with Crippen LogP contribution in [0, 0.1) is 0 Å². The van der Waals surface area contributed by atoms with Crippen molar-refractivity contribution in [3.8, 4) is 5.75 Å². The Labute approximate surface area is 189 Å². The monoisotopic (exact) mass is 458 g/mol. The van der Waals surface area contributed by atoms with Crippen LogP contribution >= 0.6 is 0 Å². The fraction of sp³-hybridized carbons (Fsp3) is 0.333. The molecule has 0 aliphatic heterocycles. The standard InChI is InChI=1S/C24H25F3N4O2/c1-2-31(23(32)22-29-20-11-3-4-12-21(20)30-22)18-9-6-8-17(14-18)28-15-16-7-5-10-19(13-16)33-24(25,26)27/h3-5,7,10-14,18,28H,2,6,8-9,15H2,1H3,(H,29,30)/t18-/m0/s1. The Morgan fingerprint density at radius 3 is 2.82 bits per heavy atom. The molecule has 1 aliphatic rings. The molecule has 9 heteroatoms. The van der Waals surface area contributed by atoms with E-state index in [9.17, 15) is 18.0 Å². The predicted octanol–water partition coefficient (Wildman–Crippen LogP) is 5.15. The van der Waals surface area contributed by atoms with E-state index in [2.05, 4.69) is 20.0 Å². The molecule has 0 saturated heterocycles. The Hall–Kier alpha value is -3.49. The molecule has 1 amide bonds. The van der Waals surface area contributed by atoms with Gasteiger partial charge in [0.2, 0.25) is 0 Å². The van der Waals surface area contributed by atoms with Gasteiger partial charge in [0.05, 0.1) is 17.1 Å². The number of rotatable bonds is 7. The van der Waals surface area contributed by atoms with Crippen molar-refractivity contribution in [2.24, 2.45) is 0 Å². The maximum atomic E-state index is 13.2. The second-order valence-electron chi connectivity index (χ2n) is 7.89. The number of para-hydroxylation sites is 2. The molecule has 0 spiro atoms. The number of hydrogen-bond donors (Lipinski definition) is 2. The summed E-state index contributed by atoms with van der Waals surface area (Å²) in [5.74, 6) is -0.0906. The number of benzene rings is 2. The first-order valence-electron chi connectivity index (χ1n) is 10.9. The molecule has 174 valence electrons. The van der Waals surface area contributed by atoms with Crippen LogP contribution in [0.15, 0.2) is 60.3 Å². The fourth-order valence-electron chi connectivity index (χ4n) is 4.08. The zero-order chi connectivity index (χ0) is 23.4. The number of carbonyl (C=O) groups excluding carboxylic acids is 1. The van der Waals surface area contributed by atoms with E-state index in [1.807, 2.05) is 37.3 Å². The number of aromatic amines is 1. The van der Waals surface area contributed by atoms with Crippen molar-refractivity contribution in [2.45, 2.75) is 45.1 Å². The maximum absolute atomic E-state index is 13.2. The molecule has 1 heterocycles. The quantitative estimate of drug-likeness (QED) is 0.514. The predicted molar refractivity (Wildman–Crippen MR) is 118 cm³/mol. The lowest BCUT2D eigenvalue weighted by molar-refractivity contribution is -0.274. The van der Waals surface area contributed by atoms with Gasteiger partial charge in [-0.25, -0.2) is 4.98 Å². The second-order valence-corrected chi connectivity index (χ2v) is 7.89. The lowest BCUT2D eigenvalue weighted by Gasteiger charge is -2.32. The number of carbonyl (C=O) groups is 1. The Morgan fingerprint density at radius 1 is 1.24 bits per heavy atom. The molecule has 0 fully saturated rings. The zero-order valence-corrected chi connectivity index (χ0v) is 18.2. The molecule has 3 aromatic rings. The van der Waals surface area contributed by atoms with E-state index >= 15 is 0 Å². The summed E-state index contributed by atoms with van der Waals surface area (Å²) in [4.78, 5) is 22.5. The molecule has 2 aromatic carbocycles. The van der Waals surface area contributed by atoms with E-state index in [0.717, 1.165) is 36.0 Å². The molecule has 0 saturated carbocycles. The van der Waals surface area contributed by atoms with E-state index in [1.165, 1.54) is 18.2 Å². The minimum absolute atomic E-state index is 0.0909. The number of halogens is 3. The van der Waals surface area contributed by atoms with Crippen LogP contribution in [0.1, 0.15) is 42.4 Å². The first kappa shape index (κ1) is 22.7. The number of fused-ring (bicyclic) bond motifs is 1. The summed E-state index contributed by atoms with van der Waals surface area (Å²) in [6.45, 7) is 2.82. The highest BCUT2D eigenvalue weighted by Gasteiger charge is 2.31. The van der Waals surface area contributed by atoms with Crippen LogP contribution in [0.5, 0.6) is 5.75 Å². The summed E-state index contributed by atoms with van der Waals surface area (Å²) in [6.07, 6.45) is -0.152. The van der Waals surface area contributed by atoms with E-state index < -0.39 is 6.36 Å². The van der Waals surface area contributed by atoms with Gasteiger partial charge in [-0.05, 0) is 62.1 Å². The van der Waals surface area contributed by atoms with Crippen molar-refractivity contribution in [2.75, 3.05) is 6.54 Å². The number of ether oxygens (including phenoxy) is 1. The molecule has 1 aromatic heterocycles. The number of nitrogens with one attached hydrogen (secondary N) is 2. The minimum Gasteiger partial charge on any atom is -0.406 e. The number of likely N-dealkylation sites (N-methyl/N-ethyl adjacent to an activating group) is 1. The number of H-pyrrole nitrogens is 1. The lowest BCUT2D eigenvalue weighted by atomic mass is 9.98. The van der Waals surface area contributed by atoms with Crippen molar-refractivity contribution < 1.29 is 22.7 Å². The van der Waals surface area contributed by atoms with E-state index in [-0.39, 0.29) is 17.7 Å². The van der Waals surface area contributed by atoms with E-state index in [4.69, 9.17) is 0 Å². The summed E-state index contributed by atoms with van der Waals surface area (Å²) < 4.78 is 41.4. The third kappa shape index (κ3) is 5.66. The van der Waals surface area contributed by atoms with E-state index in [0.29, 0.717) is 24.5 Å². The molecular formula is C24H25F3N4O2. The van der Waals surface area contributed by atoms with Gasteiger partial charge in [-0.15, -0.1) is 13.2 Å². The van der Waals surface area contributed by atoms with Crippen molar-refractivity contribution >= 4 is 16.9 Å². The smallest absolute Gasteiger partial charge is 0.406 e. The second kappa shape index (κ2) is 9.56. The number of allylic oxidation sites excluding steroid dienone is 1. The highest BCUT2D eigenvalue weighted by atomic mass is 19.4. The van der Waals surface area contributed by atoms with Crippen molar-refractivity contribution in [1.82, 2.24) is 20.2 Å². The molecule has 4 rings (SSSR count). The summed E-state index contributed by atoms with van der Waals surface area (Å²) in [5, 5.41) is 3.30. The first-order valence-corrected chi connectivity index (χ1v) is 10.9. The average molecular weight is 458 g/mol. The topological polar surface area (TPSA) is 70.2 Å². The van der Waals surface area contributed by atoms with Gasteiger partial charge in [0.15, 0.2) is 5.82 Å². The van der Waals surface area contributed by atoms with Gasteiger partial charge in [0.25, 0.3) is 5.91 Å². The Balaban J connectivity index is 1.44. The van der Waals surface area contributed by atoms with Crippen LogP contribution in [-0.4, -0.2) is 39.7 Å². The van der Waals surface area contributed by atoms with Gasteiger partial charge in [-0.1, -0.05) is 24.3 Å². The van der Waals surface area contributed by atoms with Crippen LogP contribution in [-0.2, 0) is 6.54 Å². The summed E-state index contributed by atoms with van der Waals surface area (Å²) in [6, 6.07) is 13.3. The maximum Gasteiger partial charge on any atom is 0.573 e. The summed E-state index contributed by atoms with van der Waals surface area (Å²) >= 11 is 0. The normalized spacial score (nSPS) is 16.4. The molecule has 33 heavy (non-hydrogen) atoms. The highest BCUT2D eigenvalue weighted by molar-refractivity contribution is 5.94. The number of aromatic nitrogens is 2. The molecule has 2 N–H and O–H groups in total. The molecule has 0 radical (unpaired) electrons. The molecule has 6 nitrogen and oxygen atoms in total. The van der Waals surface area contributed by atoms with Gasteiger partial charge >= 0.3 is 6.36 Å². The first-order chi connectivity index (χ1) is 15.8. The average Bonchev–Trinajstić information content (AvgIpc) is 3.22. The summed E-state index contributed by atoms with van der Waals surface area (Å²) in [7, 11) is 0. The Kier molecular flexibility index (Phi) is 6.57. The van der Waals surface area contributed by atoms with Crippen molar-refractivity contribution in [3.05, 3.63) is 71.7 Å². The highest BCUT2D eigenvalue weighted by Crippen LogP contribution is 2.25. The third-order valence-electron chi connectivity index (χ3n) is 5.59. The number of amides is 1. The van der Waals surface area contributed by atoms with Crippen molar-refractivity contribution in [3.63, 3.8) is 0 Å². The molecular weight excluding hydrogens is 433 g/mol.